The SMILES string of the molecule is CCC[C@@H](C)NC(=O)COC(=O)c1cc(O)c2ccccc2c1O. The Hall–Kier alpha value is -2.76. The lowest BCUT2D eigenvalue weighted by molar-refractivity contribution is -0.124. The van der Waals surface area contributed by atoms with Crippen LogP contribution >= 0.6 is 0 Å². The summed E-state index contributed by atoms with van der Waals surface area (Å²) in [6.07, 6.45) is 1.77. The molecule has 0 aliphatic carbocycles. The Bertz CT molecular complexity index is 756. The average molecular weight is 331 g/mol. The van der Waals surface area contributed by atoms with Crippen molar-refractivity contribution in [2.75, 3.05) is 6.61 Å². The minimum atomic E-state index is -0.869. The fourth-order valence-corrected chi connectivity index (χ4v) is 2.53. The summed E-state index contributed by atoms with van der Waals surface area (Å²) >= 11 is 0. The van der Waals surface area contributed by atoms with Crippen molar-refractivity contribution in [2.45, 2.75) is 32.7 Å². The standard InChI is InChI=1S/C18H21NO5/c1-3-6-11(2)19-16(21)10-24-18(23)14-9-15(20)12-7-4-5-8-13(12)17(14)22/h4-5,7-9,11,20,22H,3,6,10H2,1-2H3,(H,19,21)/t11-/m1/s1. The molecule has 0 saturated carbocycles. The molecule has 24 heavy (non-hydrogen) atoms. The van der Waals surface area contributed by atoms with Gasteiger partial charge in [-0.3, -0.25) is 4.79 Å². The molecular weight excluding hydrogens is 310 g/mol. The maximum absolute atomic E-state index is 12.1. The number of hydrogen-bond acceptors (Lipinski definition) is 5. The molecule has 2 aromatic carbocycles. The summed E-state index contributed by atoms with van der Waals surface area (Å²) in [5.74, 6) is -1.70. The smallest absolute Gasteiger partial charge is 0.342 e. The predicted molar refractivity (Wildman–Crippen MR) is 90.1 cm³/mol. The number of nitrogens with one attached hydrogen (secondary N) is 1. The number of esters is 1. The molecule has 6 heteroatoms. The van der Waals surface area contributed by atoms with Gasteiger partial charge in [-0.25, -0.2) is 4.79 Å². The second-order valence-corrected chi connectivity index (χ2v) is 5.67. The monoisotopic (exact) mass is 331 g/mol. The summed E-state index contributed by atoms with van der Waals surface area (Å²) < 4.78 is 4.93. The van der Waals surface area contributed by atoms with Gasteiger partial charge >= 0.3 is 5.97 Å². The molecule has 0 bridgehead atoms. The van der Waals surface area contributed by atoms with Gasteiger partial charge in [0.1, 0.15) is 17.1 Å². The molecule has 0 aliphatic heterocycles. The summed E-state index contributed by atoms with van der Waals surface area (Å²) in [6.45, 7) is 3.44. The van der Waals surface area contributed by atoms with Gasteiger partial charge in [0.25, 0.3) is 5.91 Å². The van der Waals surface area contributed by atoms with Gasteiger partial charge in [0.2, 0.25) is 0 Å². The molecule has 2 aromatic rings. The number of carbonyl (C=O) groups excluding carboxylic acids is 2. The van der Waals surface area contributed by atoms with Crippen molar-refractivity contribution < 1.29 is 24.5 Å². The molecule has 1 amide bonds. The first kappa shape index (κ1) is 17.6. The highest BCUT2D eigenvalue weighted by Gasteiger charge is 2.19. The van der Waals surface area contributed by atoms with E-state index in [0.717, 1.165) is 18.9 Å². The third kappa shape index (κ3) is 3.95. The Balaban J connectivity index is 2.09. The minimum Gasteiger partial charge on any atom is -0.507 e. The second-order valence-electron chi connectivity index (χ2n) is 5.67. The summed E-state index contributed by atoms with van der Waals surface area (Å²) in [6, 6.07) is 7.74. The molecular formula is C18H21NO5. The number of rotatable bonds is 6. The minimum absolute atomic E-state index is 0.000631. The van der Waals surface area contributed by atoms with E-state index >= 15 is 0 Å². The second kappa shape index (κ2) is 7.68. The zero-order valence-corrected chi connectivity index (χ0v) is 13.7. The number of phenolic OH excluding ortho intramolecular Hbond substituents is 2. The molecule has 1 atom stereocenters. The third-order valence-electron chi connectivity index (χ3n) is 3.68. The zero-order valence-electron chi connectivity index (χ0n) is 13.7. The van der Waals surface area contributed by atoms with Crippen LogP contribution in [0, 0.1) is 0 Å². The van der Waals surface area contributed by atoms with Gasteiger partial charge < -0.3 is 20.3 Å². The summed E-state index contributed by atoms with van der Waals surface area (Å²) in [5.41, 5.74) is -0.180. The first-order chi connectivity index (χ1) is 11.4. The van der Waals surface area contributed by atoms with Gasteiger partial charge in [0.05, 0.1) is 0 Å². The Morgan fingerprint density at radius 3 is 2.54 bits per heavy atom. The third-order valence-corrected chi connectivity index (χ3v) is 3.68. The Morgan fingerprint density at radius 1 is 1.21 bits per heavy atom. The van der Waals surface area contributed by atoms with Gasteiger partial charge in [-0.1, -0.05) is 37.6 Å². The Morgan fingerprint density at radius 2 is 1.88 bits per heavy atom. The van der Waals surface area contributed by atoms with Crippen LogP contribution in [0.3, 0.4) is 0 Å². The van der Waals surface area contributed by atoms with E-state index in [9.17, 15) is 19.8 Å². The summed E-state index contributed by atoms with van der Waals surface area (Å²) in [4.78, 5) is 23.8. The lowest BCUT2D eigenvalue weighted by Gasteiger charge is -2.13. The number of benzene rings is 2. The van der Waals surface area contributed by atoms with Crippen LogP contribution in [0.2, 0.25) is 0 Å². The number of ether oxygens (including phenoxy) is 1. The largest absolute Gasteiger partial charge is 0.507 e. The molecule has 0 aliphatic rings. The van der Waals surface area contributed by atoms with Crippen molar-refractivity contribution in [1.29, 1.82) is 0 Å². The Labute approximate surface area is 140 Å². The molecule has 0 radical (unpaired) electrons. The van der Waals surface area contributed by atoms with Crippen LogP contribution in [0.1, 0.15) is 37.0 Å². The zero-order chi connectivity index (χ0) is 17.7. The number of fused-ring (bicyclic) bond motifs is 1. The highest BCUT2D eigenvalue weighted by atomic mass is 16.5. The lowest BCUT2D eigenvalue weighted by Crippen LogP contribution is -2.35. The number of phenols is 2. The van der Waals surface area contributed by atoms with E-state index in [0.29, 0.717) is 10.8 Å². The number of aromatic hydroxyl groups is 2. The highest BCUT2D eigenvalue weighted by molar-refractivity contribution is 6.04. The van der Waals surface area contributed by atoms with Gasteiger partial charge in [0, 0.05) is 16.8 Å². The average Bonchev–Trinajstić information content (AvgIpc) is 2.56. The maximum Gasteiger partial charge on any atom is 0.342 e. The highest BCUT2D eigenvalue weighted by Crippen LogP contribution is 2.35. The van der Waals surface area contributed by atoms with E-state index in [2.05, 4.69) is 5.32 Å². The number of carbonyl (C=O) groups is 2. The van der Waals surface area contributed by atoms with Crippen LogP contribution in [-0.2, 0) is 9.53 Å². The van der Waals surface area contributed by atoms with Gasteiger partial charge in [-0.15, -0.1) is 0 Å². The molecule has 0 spiro atoms. The molecule has 2 rings (SSSR count). The quantitative estimate of drug-likeness (QED) is 0.559. The fourth-order valence-electron chi connectivity index (χ4n) is 2.53. The molecule has 0 saturated heterocycles. The topological polar surface area (TPSA) is 95.9 Å². The van der Waals surface area contributed by atoms with E-state index in [-0.39, 0.29) is 23.1 Å². The van der Waals surface area contributed by atoms with E-state index in [1.165, 1.54) is 0 Å². The van der Waals surface area contributed by atoms with E-state index in [4.69, 9.17) is 4.74 Å². The lowest BCUT2D eigenvalue weighted by atomic mass is 10.0. The van der Waals surface area contributed by atoms with Crippen LogP contribution < -0.4 is 5.32 Å². The molecule has 3 N–H and O–H groups in total. The van der Waals surface area contributed by atoms with Crippen LogP contribution in [0.15, 0.2) is 30.3 Å². The van der Waals surface area contributed by atoms with E-state index in [1.807, 2.05) is 13.8 Å². The number of hydrogen-bond donors (Lipinski definition) is 3. The van der Waals surface area contributed by atoms with Crippen molar-refractivity contribution in [3.63, 3.8) is 0 Å². The molecule has 0 aromatic heterocycles. The van der Waals surface area contributed by atoms with Crippen molar-refractivity contribution in [1.82, 2.24) is 5.32 Å². The molecule has 6 nitrogen and oxygen atoms in total. The molecule has 0 fully saturated rings. The molecule has 0 unspecified atom stereocenters. The van der Waals surface area contributed by atoms with Crippen molar-refractivity contribution in [3.05, 3.63) is 35.9 Å². The normalized spacial score (nSPS) is 11.9. The molecule has 0 heterocycles. The fraction of sp³-hybridized carbons (Fsp3) is 0.333. The van der Waals surface area contributed by atoms with Gasteiger partial charge in [0.15, 0.2) is 6.61 Å². The summed E-state index contributed by atoms with van der Waals surface area (Å²) in [5, 5.41) is 23.7. The van der Waals surface area contributed by atoms with Crippen molar-refractivity contribution in [3.8, 4) is 11.5 Å². The van der Waals surface area contributed by atoms with E-state index < -0.39 is 18.5 Å². The Kier molecular flexibility index (Phi) is 5.63. The first-order valence-electron chi connectivity index (χ1n) is 7.84. The van der Waals surface area contributed by atoms with Crippen molar-refractivity contribution in [2.24, 2.45) is 0 Å². The van der Waals surface area contributed by atoms with Crippen LogP contribution in [0.4, 0.5) is 0 Å². The number of amides is 1. The summed E-state index contributed by atoms with van der Waals surface area (Å²) in [7, 11) is 0. The van der Waals surface area contributed by atoms with E-state index in [1.54, 1.807) is 24.3 Å². The maximum atomic E-state index is 12.1. The van der Waals surface area contributed by atoms with Crippen LogP contribution in [-0.4, -0.2) is 34.7 Å². The van der Waals surface area contributed by atoms with Gasteiger partial charge in [-0.2, -0.15) is 0 Å². The van der Waals surface area contributed by atoms with Crippen molar-refractivity contribution >= 4 is 22.6 Å². The van der Waals surface area contributed by atoms with Crippen LogP contribution in [0.5, 0.6) is 11.5 Å². The first-order valence-corrected chi connectivity index (χ1v) is 7.84. The molecule has 128 valence electrons. The van der Waals surface area contributed by atoms with Gasteiger partial charge in [-0.05, 0) is 19.4 Å². The van der Waals surface area contributed by atoms with Crippen LogP contribution in [0.25, 0.3) is 10.8 Å². The predicted octanol–water partition coefficient (Wildman–Crippen LogP) is 2.71.